The van der Waals surface area contributed by atoms with E-state index in [0.717, 1.165) is 5.56 Å². The lowest BCUT2D eigenvalue weighted by Crippen LogP contribution is -2.02. The highest BCUT2D eigenvalue weighted by molar-refractivity contribution is 5.97. The molecule has 0 radical (unpaired) electrons. The molecule has 1 aromatic rings. The highest BCUT2D eigenvalue weighted by Gasteiger charge is 2.11. The standard InChI is InChI=1S/C12H11NO2/c1-3-9-4-11(7-14)10(6-13)5-12(9)8(2)15/h4-5,7H,3H2,1-2H3. The molecule has 3 nitrogen and oxygen atoms in total. The van der Waals surface area contributed by atoms with Gasteiger partial charge in [-0.2, -0.15) is 5.26 Å². The lowest BCUT2D eigenvalue weighted by atomic mass is 9.96. The van der Waals surface area contributed by atoms with E-state index in [1.807, 2.05) is 13.0 Å². The van der Waals surface area contributed by atoms with E-state index in [2.05, 4.69) is 0 Å². The van der Waals surface area contributed by atoms with Gasteiger partial charge in [0, 0.05) is 11.1 Å². The SMILES string of the molecule is CCc1cc(C=O)c(C#N)cc1C(C)=O. The van der Waals surface area contributed by atoms with Crippen LogP contribution < -0.4 is 0 Å². The second kappa shape index (κ2) is 4.52. The number of ketones is 1. The predicted octanol–water partition coefficient (Wildman–Crippen LogP) is 2.14. The average molecular weight is 201 g/mol. The van der Waals surface area contributed by atoms with E-state index in [1.54, 1.807) is 6.07 Å². The molecule has 1 rings (SSSR count). The molecule has 0 aliphatic rings. The minimum Gasteiger partial charge on any atom is -0.298 e. The molecular formula is C12H11NO2. The molecule has 0 bridgehead atoms. The van der Waals surface area contributed by atoms with Crippen molar-refractivity contribution in [2.45, 2.75) is 20.3 Å². The number of nitriles is 1. The van der Waals surface area contributed by atoms with Gasteiger partial charge < -0.3 is 0 Å². The van der Waals surface area contributed by atoms with Gasteiger partial charge in [0.05, 0.1) is 11.6 Å². The summed E-state index contributed by atoms with van der Waals surface area (Å²) in [5.41, 5.74) is 1.94. The molecule has 0 unspecified atom stereocenters. The van der Waals surface area contributed by atoms with E-state index in [-0.39, 0.29) is 11.3 Å². The Kier molecular flexibility index (Phi) is 3.35. The first-order chi connectivity index (χ1) is 7.13. The number of Topliss-reactive ketones (excluding diaryl/α,β-unsaturated/α-hetero) is 1. The molecule has 0 N–H and O–H groups in total. The van der Waals surface area contributed by atoms with E-state index < -0.39 is 0 Å². The van der Waals surface area contributed by atoms with Gasteiger partial charge in [-0.05, 0) is 31.0 Å². The maximum absolute atomic E-state index is 11.3. The Labute approximate surface area is 88.3 Å². The number of aryl methyl sites for hydroxylation is 1. The Balaban J connectivity index is 3.49. The molecule has 0 aliphatic heterocycles. The fourth-order valence-electron chi connectivity index (χ4n) is 1.48. The third-order valence-electron chi connectivity index (χ3n) is 2.28. The Morgan fingerprint density at radius 1 is 1.53 bits per heavy atom. The van der Waals surface area contributed by atoms with E-state index in [9.17, 15) is 9.59 Å². The third-order valence-corrected chi connectivity index (χ3v) is 2.28. The van der Waals surface area contributed by atoms with E-state index >= 15 is 0 Å². The molecule has 0 atom stereocenters. The van der Waals surface area contributed by atoms with E-state index in [0.29, 0.717) is 23.8 Å². The molecule has 0 spiro atoms. The Bertz CT molecular complexity index is 455. The lowest BCUT2D eigenvalue weighted by Gasteiger charge is -2.06. The summed E-state index contributed by atoms with van der Waals surface area (Å²) in [7, 11) is 0. The number of aldehydes is 1. The van der Waals surface area contributed by atoms with Crippen molar-refractivity contribution in [2.24, 2.45) is 0 Å². The number of benzene rings is 1. The zero-order chi connectivity index (χ0) is 11.4. The summed E-state index contributed by atoms with van der Waals surface area (Å²) >= 11 is 0. The number of hydrogen-bond acceptors (Lipinski definition) is 3. The molecule has 1 aromatic carbocycles. The van der Waals surface area contributed by atoms with E-state index in [1.165, 1.54) is 13.0 Å². The second-order valence-corrected chi connectivity index (χ2v) is 3.24. The molecule has 3 heteroatoms. The van der Waals surface area contributed by atoms with Crippen molar-refractivity contribution in [2.75, 3.05) is 0 Å². The van der Waals surface area contributed by atoms with Crippen LogP contribution in [0.5, 0.6) is 0 Å². The topological polar surface area (TPSA) is 57.9 Å². The number of nitrogens with zero attached hydrogens (tertiary/aromatic N) is 1. The number of hydrogen-bond donors (Lipinski definition) is 0. The smallest absolute Gasteiger partial charge is 0.160 e. The van der Waals surface area contributed by atoms with Crippen molar-refractivity contribution in [3.63, 3.8) is 0 Å². The van der Waals surface area contributed by atoms with Crippen LogP contribution in [0.15, 0.2) is 12.1 Å². The third kappa shape index (κ3) is 2.10. The summed E-state index contributed by atoms with van der Waals surface area (Å²) in [5.74, 6) is -0.0826. The van der Waals surface area contributed by atoms with Gasteiger partial charge in [-0.1, -0.05) is 6.92 Å². The molecule has 0 aromatic heterocycles. The van der Waals surface area contributed by atoms with Gasteiger partial charge >= 0.3 is 0 Å². The van der Waals surface area contributed by atoms with Crippen LogP contribution in [-0.4, -0.2) is 12.1 Å². The molecule has 0 aliphatic carbocycles. The van der Waals surface area contributed by atoms with Crippen molar-refractivity contribution in [3.8, 4) is 6.07 Å². The van der Waals surface area contributed by atoms with Crippen LogP contribution in [0.4, 0.5) is 0 Å². The Hall–Kier alpha value is -1.95. The van der Waals surface area contributed by atoms with Gasteiger partial charge in [0.15, 0.2) is 12.1 Å². The summed E-state index contributed by atoms with van der Waals surface area (Å²) in [5, 5.41) is 8.80. The van der Waals surface area contributed by atoms with Crippen LogP contribution in [0.2, 0.25) is 0 Å². The van der Waals surface area contributed by atoms with E-state index in [4.69, 9.17) is 5.26 Å². The molecule has 0 fully saturated rings. The fraction of sp³-hybridized carbons (Fsp3) is 0.250. The molecule has 0 saturated carbocycles. The lowest BCUT2D eigenvalue weighted by molar-refractivity contribution is 0.101. The zero-order valence-corrected chi connectivity index (χ0v) is 8.70. The van der Waals surface area contributed by atoms with Crippen LogP contribution in [-0.2, 0) is 6.42 Å². The zero-order valence-electron chi connectivity index (χ0n) is 8.70. The van der Waals surface area contributed by atoms with Crippen LogP contribution >= 0.6 is 0 Å². The van der Waals surface area contributed by atoms with Crippen molar-refractivity contribution < 1.29 is 9.59 Å². The highest BCUT2D eigenvalue weighted by atomic mass is 16.1. The van der Waals surface area contributed by atoms with Gasteiger partial charge in [0.1, 0.15) is 0 Å². The molecular weight excluding hydrogens is 190 g/mol. The molecule has 0 saturated heterocycles. The highest BCUT2D eigenvalue weighted by Crippen LogP contribution is 2.17. The Morgan fingerprint density at radius 2 is 2.20 bits per heavy atom. The maximum Gasteiger partial charge on any atom is 0.160 e. The molecule has 0 heterocycles. The van der Waals surface area contributed by atoms with Crippen LogP contribution in [0.3, 0.4) is 0 Å². The van der Waals surface area contributed by atoms with Crippen LogP contribution in [0, 0.1) is 11.3 Å². The van der Waals surface area contributed by atoms with Crippen LogP contribution in [0.1, 0.15) is 45.7 Å². The normalized spacial score (nSPS) is 9.40. The van der Waals surface area contributed by atoms with Crippen molar-refractivity contribution in [1.29, 1.82) is 5.26 Å². The molecule has 76 valence electrons. The van der Waals surface area contributed by atoms with Crippen molar-refractivity contribution >= 4 is 12.1 Å². The average Bonchev–Trinajstić information content (AvgIpc) is 2.26. The first-order valence-corrected chi connectivity index (χ1v) is 4.67. The minimum atomic E-state index is -0.0826. The minimum absolute atomic E-state index is 0.0826. The van der Waals surface area contributed by atoms with Crippen LogP contribution in [0.25, 0.3) is 0 Å². The monoisotopic (exact) mass is 201 g/mol. The van der Waals surface area contributed by atoms with Gasteiger partial charge in [0.2, 0.25) is 0 Å². The number of carbonyl (C=O) groups is 2. The first kappa shape index (κ1) is 11.1. The molecule has 0 amide bonds. The summed E-state index contributed by atoms with van der Waals surface area (Å²) in [6.45, 7) is 3.36. The van der Waals surface area contributed by atoms with Crippen molar-refractivity contribution in [1.82, 2.24) is 0 Å². The summed E-state index contributed by atoms with van der Waals surface area (Å²) < 4.78 is 0. The summed E-state index contributed by atoms with van der Waals surface area (Å²) in [6, 6.07) is 5.01. The number of rotatable bonds is 3. The number of carbonyl (C=O) groups excluding carboxylic acids is 2. The summed E-state index contributed by atoms with van der Waals surface area (Å²) in [4.78, 5) is 22.0. The van der Waals surface area contributed by atoms with Gasteiger partial charge in [-0.15, -0.1) is 0 Å². The first-order valence-electron chi connectivity index (χ1n) is 4.67. The van der Waals surface area contributed by atoms with Gasteiger partial charge in [-0.25, -0.2) is 0 Å². The van der Waals surface area contributed by atoms with Gasteiger partial charge in [-0.3, -0.25) is 9.59 Å². The fourth-order valence-corrected chi connectivity index (χ4v) is 1.48. The quantitative estimate of drug-likeness (QED) is 0.556. The van der Waals surface area contributed by atoms with Gasteiger partial charge in [0.25, 0.3) is 0 Å². The largest absolute Gasteiger partial charge is 0.298 e. The summed E-state index contributed by atoms with van der Waals surface area (Å²) in [6.07, 6.45) is 1.31. The Morgan fingerprint density at radius 3 is 2.60 bits per heavy atom. The molecule has 15 heavy (non-hydrogen) atoms. The maximum atomic E-state index is 11.3. The second-order valence-electron chi connectivity index (χ2n) is 3.24. The van der Waals surface area contributed by atoms with Crippen molar-refractivity contribution in [3.05, 3.63) is 34.4 Å². The predicted molar refractivity (Wildman–Crippen MR) is 55.9 cm³/mol.